The molecule has 76 valence electrons. The number of likely N-dealkylation sites (N-methyl/N-ethyl adjacent to an activating group) is 1. The number of furan rings is 1. The molecule has 0 saturated carbocycles. The maximum absolute atomic E-state index is 11.9. The first-order valence-electron chi connectivity index (χ1n) is 4.41. The molecule has 1 aliphatic heterocycles. The van der Waals surface area contributed by atoms with Crippen LogP contribution < -0.4 is 5.32 Å². The fourth-order valence-corrected chi connectivity index (χ4v) is 1.76. The fourth-order valence-electron chi connectivity index (χ4n) is 1.35. The van der Waals surface area contributed by atoms with Gasteiger partial charge in [0.15, 0.2) is 4.67 Å². The number of rotatable bonds is 2. The van der Waals surface area contributed by atoms with E-state index in [4.69, 9.17) is 4.42 Å². The van der Waals surface area contributed by atoms with Crippen molar-refractivity contribution in [2.24, 2.45) is 0 Å². The molecule has 0 aromatic carbocycles. The van der Waals surface area contributed by atoms with Crippen molar-refractivity contribution < 1.29 is 9.21 Å². The second-order valence-corrected chi connectivity index (χ2v) is 4.06. The highest BCUT2D eigenvalue weighted by molar-refractivity contribution is 9.10. The van der Waals surface area contributed by atoms with Crippen molar-refractivity contribution in [3.63, 3.8) is 0 Å². The minimum absolute atomic E-state index is 0.00266. The Morgan fingerprint density at radius 2 is 2.43 bits per heavy atom. The maximum atomic E-state index is 11.9. The maximum Gasteiger partial charge on any atom is 0.258 e. The van der Waals surface area contributed by atoms with Crippen LogP contribution >= 0.6 is 15.9 Å². The molecule has 2 rings (SSSR count). The van der Waals surface area contributed by atoms with Gasteiger partial charge in [0.1, 0.15) is 0 Å². The average Bonchev–Trinajstić information content (AvgIpc) is 2.47. The molecule has 0 aliphatic carbocycles. The molecule has 2 heterocycles. The van der Waals surface area contributed by atoms with Crippen LogP contribution in [0.25, 0.3) is 0 Å². The Labute approximate surface area is 90.4 Å². The lowest BCUT2D eigenvalue weighted by Crippen LogP contribution is -2.57. The predicted octanol–water partition coefficient (Wildman–Crippen LogP) is 1.09. The van der Waals surface area contributed by atoms with Gasteiger partial charge in [-0.3, -0.25) is 4.79 Å². The normalized spacial score (nSPS) is 16.4. The predicted molar refractivity (Wildman–Crippen MR) is 55.2 cm³/mol. The van der Waals surface area contributed by atoms with Crippen LogP contribution in [-0.2, 0) is 0 Å². The van der Waals surface area contributed by atoms with Crippen LogP contribution in [0.1, 0.15) is 10.4 Å². The number of amides is 1. The van der Waals surface area contributed by atoms with Gasteiger partial charge in [0, 0.05) is 20.1 Å². The summed E-state index contributed by atoms with van der Waals surface area (Å²) in [6.07, 6.45) is 1.50. The van der Waals surface area contributed by atoms with E-state index < -0.39 is 0 Å². The van der Waals surface area contributed by atoms with E-state index >= 15 is 0 Å². The van der Waals surface area contributed by atoms with E-state index in [2.05, 4.69) is 21.2 Å². The number of carbonyl (C=O) groups is 1. The molecule has 14 heavy (non-hydrogen) atoms. The minimum Gasteiger partial charge on any atom is -0.457 e. The quantitative estimate of drug-likeness (QED) is 0.864. The Kier molecular flexibility index (Phi) is 2.60. The van der Waals surface area contributed by atoms with Gasteiger partial charge in [0.05, 0.1) is 17.9 Å². The Bertz CT molecular complexity index is 346. The van der Waals surface area contributed by atoms with Crippen molar-refractivity contribution in [1.82, 2.24) is 10.2 Å². The molecule has 4 nitrogen and oxygen atoms in total. The summed E-state index contributed by atoms with van der Waals surface area (Å²) in [6, 6.07) is 1.99. The zero-order valence-electron chi connectivity index (χ0n) is 7.79. The lowest BCUT2D eigenvalue weighted by molar-refractivity contribution is 0.0679. The van der Waals surface area contributed by atoms with E-state index in [0.29, 0.717) is 16.3 Å². The lowest BCUT2D eigenvalue weighted by Gasteiger charge is -2.35. The summed E-state index contributed by atoms with van der Waals surface area (Å²) in [5.74, 6) is -0.00266. The Morgan fingerprint density at radius 1 is 1.71 bits per heavy atom. The van der Waals surface area contributed by atoms with Gasteiger partial charge < -0.3 is 14.6 Å². The van der Waals surface area contributed by atoms with Crippen LogP contribution in [0.15, 0.2) is 21.4 Å². The summed E-state index contributed by atoms with van der Waals surface area (Å²) in [5, 5.41) is 3.13. The van der Waals surface area contributed by atoms with Crippen LogP contribution in [0.2, 0.25) is 0 Å². The molecule has 0 atom stereocenters. The second kappa shape index (κ2) is 3.74. The molecule has 0 bridgehead atoms. The van der Waals surface area contributed by atoms with Gasteiger partial charge in [-0.15, -0.1) is 0 Å². The topological polar surface area (TPSA) is 45.5 Å². The Hall–Kier alpha value is -0.810. The third-order valence-corrected chi connectivity index (χ3v) is 3.09. The van der Waals surface area contributed by atoms with Gasteiger partial charge in [-0.2, -0.15) is 0 Å². The smallest absolute Gasteiger partial charge is 0.258 e. The fraction of sp³-hybridized carbons (Fsp3) is 0.444. The summed E-state index contributed by atoms with van der Waals surface area (Å²) in [7, 11) is 1.81. The highest BCUT2D eigenvalue weighted by Crippen LogP contribution is 2.20. The largest absolute Gasteiger partial charge is 0.457 e. The van der Waals surface area contributed by atoms with E-state index in [9.17, 15) is 4.79 Å². The molecule has 1 fully saturated rings. The van der Waals surface area contributed by atoms with Crippen LogP contribution in [0.5, 0.6) is 0 Å². The standard InChI is InChI=1S/C9H11BrN2O2/c1-12(6-4-11-5-6)9(13)7-2-3-14-8(7)10/h2-3,6,11H,4-5H2,1H3. The van der Waals surface area contributed by atoms with Gasteiger partial charge in [0.2, 0.25) is 0 Å². The molecule has 1 aromatic rings. The monoisotopic (exact) mass is 258 g/mol. The highest BCUT2D eigenvalue weighted by Gasteiger charge is 2.27. The molecular weight excluding hydrogens is 248 g/mol. The zero-order valence-corrected chi connectivity index (χ0v) is 9.37. The molecule has 5 heteroatoms. The van der Waals surface area contributed by atoms with Crippen molar-refractivity contribution in [2.45, 2.75) is 6.04 Å². The Balaban J connectivity index is 2.11. The average molecular weight is 259 g/mol. The number of hydrogen-bond donors (Lipinski definition) is 1. The van der Waals surface area contributed by atoms with Gasteiger partial charge in [-0.05, 0) is 22.0 Å². The molecule has 1 aliphatic rings. The van der Waals surface area contributed by atoms with E-state index in [1.807, 2.05) is 7.05 Å². The van der Waals surface area contributed by atoms with Gasteiger partial charge in [0.25, 0.3) is 5.91 Å². The molecule has 0 radical (unpaired) electrons. The van der Waals surface area contributed by atoms with Crippen LogP contribution in [0.3, 0.4) is 0 Å². The summed E-state index contributed by atoms with van der Waals surface area (Å²) < 4.78 is 5.52. The third kappa shape index (κ3) is 1.57. The molecule has 1 N–H and O–H groups in total. The van der Waals surface area contributed by atoms with E-state index in [1.165, 1.54) is 6.26 Å². The molecule has 1 saturated heterocycles. The lowest BCUT2D eigenvalue weighted by atomic mass is 10.1. The summed E-state index contributed by atoms with van der Waals surface area (Å²) in [4.78, 5) is 13.6. The van der Waals surface area contributed by atoms with Crippen molar-refractivity contribution >= 4 is 21.8 Å². The number of nitrogens with one attached hydrogen (secondary N) is 1. The van der Waals surface area contributed by atoms with Crippen LogP contribution in [-0.4, -0.2) is 37.0 Å². The first-order valence-corrected chi connectivity index (χ1v) is 5.20. The van der Waals surface area contributed by atoms with Crippen LogP contribution in [0, 0.1) is 0 Å². The van der Waals surface area contributed by atoms with Gasteiger partial charge in [-0.1, -0.05) is 0 Å². The first kappa shape index (κ1) is 9.73. The van der Waals surface area contributed by atoms with Gasteiger partial charge in [-0.25, -0.2) is 0 Å². The molecule has 1 aromatic heterocycles. The second-order valence-electron chi connectivity index (χ2n) is 3.34. The first-order chi connectivity index (χ1) is 6.70. The van der Waals surface area contributed by atoms with E-state index in [1.54, 1.807) is 11.0 Å². The molecule has 0 unspecified atom stereocenters. The third-order valence-electron chi connectivity index (χ3n) is 2.48. The number of halogens is 1. The highest BCUT2D eigenvalue weighted by atomic mass is 79.9. The SMILES string of the molecule is CN(C(=O)c1ccoc1Br)C1CNC1. The summed E-state index contributed by atoms with van der Waals surface area (Å²) in [6.45, 7) is 1.75. The number of hydrogen-bond acceptors (Lipinski definition) is 3. The van der Waals surface area contributed by atoms with Gasteiger partial charge >= 0.3 is 0 Å². The number of carbonyl (C=O) groups excluding carboxylic acids is 1. The van der Waals surface area contributed by atoms with E-state index in [-0.39, 0.29) is 5.91 Å². The van der Waals surface area contributed by atoms with Crippen molar-refractivity contribution in [3.05, 3.63) is 22.6 Å². The minimum atomic E-state index is -0.00266. The summed E-state index contributed by atoms with van der Waals surface area (Å²) >= 11 is 3.19. The molecule has 0 spiro atoms. The zero-order chi connectivity index (χ0) is 10.1. The summed E-state index contributed by atoms with van der Waals surface area (Å²) in [5.41, 5.74) is 0.583. The van der Waals surface area contributed by atoms with Crippen molar-refractivity contribution in [1.29, 1.82) is 0 Å². The van der Waals surface area contributed by atoms with Crippen molar-refractivity contribution in [3.8, 4) is 0 Å². The van der Waals surface area contributed by atoms with E-state index in [0.717, 1.165) is 13.1 Å². The number of nitrogens with zero attached hydrogens (tertiary/aromatic N) is 1. The van der Waals surface area contributed by atoms with Crippen LogP contribution in [0.4, 0.5) is 0 Å². The molecular formula is C9H11BrN2O2. The van der Waals surface area contributed by atoms with Crippen molar-refractivity contribution in [2.75, 3.05) is 20.1 Å². The Morgan fingerprint density at radius 3 is 2.86 bits per heavy atom. The molecule has 1 amide bonds.